The minimum Gasteiger partial charge on any atom is -0.492 e. The van der Waals surface area contributed by atoms with Crippen LogP contribution in [0.3, 0.4) is 0 Å². The first-order chi connectivity index (χ1) is 11.5. The van der Waals surface area contributed by atoms with Crippen molar-refractivity contribution in [1.82, 2.24) is 9.88 Å². The number of hydrogen-bond donors (Lipinski definition) is 1. The molecule has 130 valence electrons. The van der Waals surface area contributed by atoms with Gasteiger partial charge in [-0.25, -0.2) is 13.1 Å². The minimum absolute atomic E-state index is 0.108. The van der Waals surface area contributed by atoms with Crippen molar-refractivity contribution < 1.29 is 17.7 Å². The average molecular weight is 350 g/mol. The van der Waals surface area contributed by atoms with Gasteiger partial charge in [0.05, 0.1) is 0 Å². The Morgan fingerprint density at radius 2 is 1.96 bits per heavy atom. The van der Waals surface area contributed by atoms with Crippen LogP contribution in [0.5, 0.6) is 5.75 Å². The molecule has 3 rings (SSSR count). The van der Waals surface area contributed by atoms with Crippen molar-refractivity contribution in [3.63, 3.8) is 0 Å². The fraction of sp³-hybridized carbons (Fsp3) is 0.471. The molecule has 0 saturated heterocycles. The highest BCUT2D eigenvalue weighted by molar-refractivity contribution is 7.89. The molecule has 1 aromatic heterocycles. The third-order valence-electron chi connectivity index (χ3n) is 4.22. The fourth-order valence-electron chi connectivity index (χ4n) is 3.07. The Labute approximate surface area is 142 Å². The molecule has 0 spiro atoms. The maximum atomic E-state index is 12.3. The molecular formula is C17H22N2O4S. The number of sulfonamides is 1. The highest BCUT2D eigenvalue weighted by atomic mass is 32.2. The minimum atomic E-state index is -3.63. The second kappa shape index (κ2) is 6.94. The standard InChI is InChI=1S/C17H22N2O4S/c1-12-17(13(2)23-19-12)24(20,21)18-9-10-22-16-8-7-14-5-3-4-6-15(14)11-16/h7-8,11,18H,3-6,9-10H2,1-2H3. The Kier molecular flexibility index (Phi) is 4.91. The Bertz CT molecular complexity index is 808. The van der Waals surface area contributed by atoms with E-state index in [2.05, 4.69) is 22.0 Å². The molecule has 0 fully saturated rings. The molecular weight excluding hydrogens is 328 g/mol. The summed E-state index contributed by atoms with van der Waals surface area (Å²) in [4.78, 5) is 0.108. The lowest BCUT2D eigenvalue weighted by atomic mass is 9.92. The van der Waals surface area contributed by atoms with Crippen LogP contribution in [0.15, 0.2) is 27.6 Å². The number of fused-ring (bicyclic) bond motifs is 1. The van der Waals surface area contributed by atoms with Crippen molar-refractivity contribution in [3.05, 3.63) is 40.8 Å². The summed E-state index contributed by atoms with van der Waals surface area (Å²) in [5, 5.41) is 3.67. The molecule has 0 bridgehead atoms. The zero-order chi connectivity index (χ0) is 17.2. The second-order valence-electron chi connectivity index (χ2n) is 6.04. The van der Waals surface area contributed by atoms with E-state index in [9.17, 15) is 8.42 Å². The summed E-state index contributed by atoms with van der Waals surface area (Å²) in [5.41, 5.74) is 3.10. The van der Waals surface area contributed by atoms with E-state index in [1.54, 1.807) is 13.8 Å². The smallest absolute Gasteiger partial charge is 0.246 e. The maximum Gasteiger partial charge on any atom is 0.246 e. The summed E-state index contributed by atoms with van der Waals surface area (Å²) in [7, 11) is -3.63. The van der Waals surface area contributed by atoms with Crippen LogP contribution in [0, 0.1) is 13.8 Å². The van der Waals surface area contributed by atoms with Gasteiger partial charge in [-0.2, -0.15) is 0 Å². The van der Waals surface area contributed by atoms with E-state index in [1.807, 2.05) is 6.07 Å². The van der Waals surface area contributed by atoms with E-state index in [0.29, 0.717) is 5.69 Å². The predicted octanol–water partition coefficient (Wildman–Crippen LogP) is 2.53. The van der Waals surface area contributed by atoms with Crippen LogP contribution in [0.2, 0.25) is 0 Å². The summed E-state index contributed by atoms with van der Waals surface area (Å²) in [6.45, 7) is 3.64. The summed E-state index contributed by atoms with van der Waals surface area (Å²) in [6.07, 6.45) is 4.68. The molecule has 1 aromatic carbocycles. The third-order valence-corrected chi connectivity index (χ3v) is 5.92. The predicted molar refractivity (Wildman–Crippen MR) is 89.7 cm³/mol. The highest BCUT2D eigenvalue weighted by Crippen LogP contribution is 2.25. The lowest BCUT2D eigenvalue weighted by molar-refractivity contribution is 0.322. The van der Waals surface area contributed by atoms with Gasteiger partial charge in [0, 0.05) is 6.54 Å². The fourth-order valence-corrected chi connectivity index (χ4v) is 4.41. The van der Waals surface area contributed by atoms with E-state index in [4.69, 9.17) is 9.26 Å². The number of benzene rings is 1. The second-order valence-corrected chi connectivity index (χ2v) is 7.74. The van der Waals surface area contributed by atoms with Crippen LogP contribution in [-0.2, 0) is 22.9 Å². The summed E-state index contributed by atoms with van der Waals surface area (Å²) < 4.78 is 37.7. The summed E-state index contributed by atoms with van der Waals surface area (Å²) in [5.74, 6) is 1.07. The van der Waals surface area contributed by atoms with Crippen LogP contribution < -0.4 is 9.46 Å². The number of ether oxygens (including phenoxy) is 1. The number of aryl methyl sites for hydroxylation is 4. The van der Waals surface area contributed by atoms with Crippen molar-refractivity contribution in [2.45, 2.75) is 44.4 Å². The molecule has 1 N–H and O–H groups in total. The SMILES string of the molecule is Cc1noc(C)c1S(=O)(=O)NCCOc1ccc2c(c1)CCCC2. The van der Waals surface area contributed by atoms with Gasteiger partial charge in [0.1, 0.15) is 22.9 Å². The van der Waals surface area contributed by atoms with Gasteiger partial charge in [0.2, 0.25) is 10.0 Å². The van der Waals surface area contributed by atoms with Gasteiger partial charge in [0.15, 0.2) is 5.76 Å². The molecule has 7 heteroatoms. The van der Waals surface area contributed by atoms with E-state index in [0.717, 1.165) is 18.6 Å². The van der Waals surface area contributed by atoms with Crippen molar-refractivity contribution in [3.8, 4) is 5.75 Å². The zero-order valence-electron chi connectivity index (χ0n) is 14.0. The normalized spacial score (nSPS) is 14.4. The highest BCUT2D eigenvalue weighted by Gasteiger charge is 2.23. The van der Waals surface area contributed by atoms with E-state index < -0.39 is 10.0 Å². The van der Waals surface area contributed by atoms with E-state index in [-0.39, 0.29) is 23.8 Å². The number of hydrogen-bond acceptors (Lipinski definition) is 5. The first kappa shape index (κ1) is 17.0. The molecule has 0 amide bonds. The van der Waals surface area contributed by atoms with Gasteiger partial charge in [0.25, 0.3) is 0 Å². The van der Waals surface area contributed by atoms with Gasteiger partial charge >= 0.3 is 0 Å². The molecule has 1 aliphatic carbocycles. The molecule has 1 heterocycles. The van der Waals surface area contributed by atoms with Gasteiger partial charge in [-0.1, -0.05) is 11.2 Å². The van der Waals surface area contributed by atoms with Gasteiger partial charge in [-0.3, -0.25) is 0 Å². The molecule has 1 aliphatic rings. The van der Waals surface area contributed by atoms with Gasteiger partial charge in [-0.05, 0) is 62.8 Å². The van der Waals surface area contributed by atoms with Crippen LogP contribution >= 0.6 is 0 Å². The molecule has 24 heavy (non-hydrogen) atoms. The van der Waals surface area contributed by atoms with E-state index >= 15 is 0 Å². The molecule has 0 saturated carbocycles. The first-order valence-electron chi connectivity index (χ1n) is 8.14. The van der Waals surface area contributed by atoms with Crippen molar-refractivity contribution in [2.75, 3.05) is 13.2 Å². The lowest BCUT2D eigenvalue weighted by Crippen LogP contribution is -2.29. The topological polar surface area (TPSA) is 81.4 Å². The number of aromatic nitrogens is 1. The molecule has 0 aliphatic heterocycles. The van der Waals surface area contributed by atoms with Gasteiger partial charge < -0.3 is 9.26 Å². The van der Waals surface area contributed by atoms with Crippen LogP contribution in [-0.4, -0.2) is 26.7 Å². The molecule has 0 atom stereocenters. The Morgan fingerprint density at radius 3 is 2.67 bits per heavy atom. The maximum absolute atomic E-state index is 12.3. The molecule has 0 radical (unpaired) electrons. The van der Waals surface area contributed by atoms with E-state index in [1.165, 1.54) is 24.0 Å². The van der Waals surface area contributed by atoms with Crippen molar-refractivity contribution in [2.24, 2.45) is 0 Å². The Morgan fingerprint density at radius 1 is 1.21 bits per heavy atom. The quantitative estimate of drug-likeness (QED) is 0.810. The van der Waals surface area contributed by atoms with Crippen LogP contribution in [0.25, 0.3) is 0 Å². The number of nitrogens with zero attached hydrogens (tertiary/aromatic N) is 1. The van der Waals surface area contributed by atoms with Crippen LogP contribution in [0.4, 0.5) is 0 Å². The summed E-state index contributed by atoms with van der Waals surface area (Å²) >= 11 is 0. The third kappa shape index (κ3) is 3.62. The zero-order valence-corrected chi connectivity index (χ0v) is 14.8. The Balaban J connectivity index is 1.55. The largest absolute Gasteiger partial charge is 0.492 e. The monoisotopic (exact) mass is 350 g/mol. The molecule has 6 nitrogen and oxygen atoms in total. The van der Waals surface area contributed by atoms with Crippen molar-refractivity contribution in [1.29, 1.82) is 0 Å². The average Bonchev–Trinajstić information content (AvgIpc) is 2.91. The van der Waals surface area contributed by atoms with Crippen molar-refractivity contribution >= 4 is 10.0 Å². The lowest BCUT2D eigenvalue weighted by Gasteiger charge is -2.16. The summed E-state index contributed by atoms with van der Waals surface area (Å²) in [6, 6.07) is 6.13. The molecule has 2 aromatic rings. The number of rotatable bonds is 6. The first-order valence-corrected chi connectivity index (χ1v) is 9.63. The number of nitrogens with one attached hydrogen (secondary N) is 1. The Hall–Kier alpha value is -1.86. The molecule has 0 unspecified atom stereocenters. The van der Waals surface area contributed by atoms with Gasteiger partial charge in [-0.15, -0.1) is 0 Å². The van der Waals surface area contributed by atoms with Crippen LogP contribution in [0.1, 0.15) is 35.4 Å².